The lowest BCUT2D eigenvalue weighted by molar-refractivity contribution is -0.133. The highest BCUT2D eigenvalue weighted by molar-refractivity contribution is 7.98. The summed E-state index contributed by atoms with van der Waals surface area (Å²) in [6.07, 6.45) is 2.14. The number of hydrogen-bond donors (Lipinski definition) is 1. The molecule has 2 aliphatic heterocycles. The van der Waals surface area contributed by atoms with Crippen molar-refractivity contribution in [2.45, 2.75) is 13.0 Å². The second-order valence-corrected chi connectivity index (χ2v) is 8.34. The molecule has 0 saturated carbocycles. The molecule has 2 heterocycles. The molecule has 0 aromatic heterocycles. The summed E-state index contributed by atoms with van der Waals surface area (Å²) in [5.74, 6) is 2.69. The normalized spacial score (nSPS) is 24.7. The van der Waals surface area contributed by atoms with Crippen LogP contribution in [0.2, 0.25) is 0 Å². The number of carbonyl (C=O) groups excluding carboxylic acids is 2. The van der Waals surface area contributed by atoms with E-state index in [0.717, 1.165) is 43.2 Å². The minimum Gasteiger partial charge on any atom is -0.497 e. The van der Waals surface area contributed by atoms with Crippen LogP contribution in [0.3, 0.4) is 0 Å². The zero-order valence-electron chi connectivity index (χ0n) is 16.3. The fourth-order valence-corrected chi connectivity index (χ4v) is 4.77. The van der Waals surface area contributed by atoms with Gasteiger partial charge >= 0.3 is 0 Å². The van der Waals surface area contributed by atoms with Gasteiger partial charge in [-0.2, -0.15) is 11.8 Å². The van der Waals surface area contributed by atoms with Crippen LogP contribution < -0.4 is 10.1 Å². The standard InChI is InChI=1S/C20H29N3O3S/c1-14(24)21-10-19(25)23-12-16-11-22(8-9-27-3)13-18(16)20(23)15-4-6-17(26-2)7-5-15/h4-7,16,18,20H,8-13H2,1-3H3,(H,21,24)/t16-,18-,20-/m0/s1. The molecule has 2 amide bonds. The summed E-state index contributed by atoms with van der Waals surface area (Å²) in [6.45, 7) is 5.43. The number of methoxy groups -OCH3 is 1. The van der Waals surface area contributed by atoms with Crippen molar-refractivity contribution in [1.29, 1.82) is 0 Å². The van der Waals surface area contributed by atoms with Crippen molar-refractivity contribution >= 4 is 23.6 Å². The van der Waals surface area contributed by atoms with Crippen LogP contribution in [-0.2, 0) is 9.59 Å². The van der Waals surface area contributed by atoms with E-state index in [9.17, 15) is 9.59 Å². The third-order valence-electron chi connectivity index (χ3n) is 5.62. The summed E-state index contributed by atoms with van der Waals surface area (Å²) in [5, 5.41) is 2.65. The number of thioether (sulfide) groups is 1. The number of carbonyl (C=O) groups is 2. The SMILES string of the molecule is COc1ccc([C@H]2[C@H]3CN(CCSC)C[C@H]3CN2C(=O)CNC(C)=O)cc1. The molecular weight excluding hydrogens is 362 g/mol. The van der Waals surface area contributed by atoms with Gasteiger partial charge in [-0.3, -0.25) is 9.59 Å². The largest absolute Gasteiger partial charge is 0.497 e. The zero-order valence-corrected chi connectivity index (χ0v) is 17.1. The van der Waals surface area contributed by atoms with Gasteiger partial charge in [0.2, 0.25) is 11.8 Å². The number of benzene rings is 1. The molecule has 0 bridgehead atoms. The van der Waals surface area contributed by atoms with Crippen molar-refractivity contribution in [1.82, 2.24) is 15.1 Å². The number of nitrogens with one attached hydrogen (secondary N) is 1. The van der Waals surface area contributed by atoms with Gasteiger partial charge < -0.3 is 19.9 Å². The molecule has 3 rings (SSSR count). The maximum atomic E-state index is 12.8. The molecule has 1 aromatic carbocycles. The molecule has 2 aliphatic rings. The molecule has 7 heteroatoms. The fraction of sp³-hybridized carbons (Fsp3) is 0.600. The van der Waals surface area contributed by atoms with E-state index in [1.54, 1.807) is 7.11 Å². The first-order chi connectivity index (χ1) is 13.0. The maximum absolute atomic E-state index is 12.8. The number of ether oxygens (including phenoxy) is 1. The van der Waals surface area contributed by atoms with Crippen LogP contribution in [0, 0.1) is 11.8 Å². The maximum Gasteiger partial charge on any atom is 0.242 e. The van der Waals surface area contributed by atoms with E-state index in [2.05, 4.69) is 28.6 Å². The number of amides is 2. The highest BCUT2D eigenvalue weighted by Crippen LogP contribution is 2.45. The predicted molar refractivity (Wildman–Crippen MR) is 108 cm³/mol. The van der Waals surface area contributed by atoms with Crippen molar-refractivity contribution in [3.8, 4) is 5.75 Å². The van der Waals surface area contributed by atoms with Gasteiger partial charge in [0.1, 0.15) is 5.75 Å². The number of nitrogens with zero attached hydrogens (tertiary/aromatic N) is 2. The fourth-order valence-electron chi connectivity index (χ4n) is 4.33. The lowest BCUT2D eigenvalue weighted by Gasteiger charge is -2.30. The quantitative estimate of drug-likeness (QED) is 0.765. The Bertz CT molecular complexity index is 667. The van der Waals surface area contributed by atoms with Crippen molar-refractivity contribution in [2.75, 3.05) is 51.8 Å². The van der Waals surface area contributed by atoms with Crippen LogP contribution in [0.25, 0.3) is 0 Å². The second kappa shape index (κ2) is 8.97. The first-order valence-corrected chi connectivity index (χ1v) is 10.8. The van der Waals surface area contributed by atoms with Crippen LogP contribution >= 0.6 is 11.8 Å². The Balaban J connectivity index is 1.79. The van der Waals surface area contributed by atoms with Gasteiger partial charge in [-0.15, -0.1) is 0 Å². The molecule has 1 aromatic rings. The number of rotatable bonds is 7. The second-order valence-electron chi connectivity index (χ2n) is 7.35. The van der Waals surface area contributed by atoms with Gasteiger partial charge in [0, 0.05) is 44.8 Å². The van der Waals surface area contributed by atoms with Crippen LogP contribution in [0.5, 0.6) is 5.75 Å². The molecule has 1 N–H and O–H groups in total. The molecule has 3 atom stereocenters. The van der Waals surface area contributed by atoms with E-state index in [-0.39, 0.29) is 24.4 Å². The predicted octanol–water partition coefficient (Wildman–Crippen LogP) is 1.63. The molecule has 27 heavy (non-hydrogen) atoms. The van der Waals surface area contributed by atoms with Gasteiger partial charge in [0.15, 0.2) is 0 Å². The van der Waals surface area contributed by atoms with E-state index in [1.165, 1.54) is 6.92 Å². The van der Waals surface area contributed by atoms with E-state index < -0.39 is 0 Å². The molecule has 0 spiro atoms. The molecule has 2 fully saturated rings. The molecule has 0 unspecified atom stereocenters. The van der Waals surface area contributed by atoms with Crippen LogP contribution in [-0.4, -0.2) is 73.5 Å². The molecule has 2 saturated heterocycles. The van der Waals surface area contributed by atoms with Gasteiger partial charge in [-0.05, 0) is 29.9 Å². The summed E-state index contributed by atoms with van der Waals surface area (Å²) in [6, 6.07) is 8.10. The Hall–Kier alpha value is -1.73. The van der Waals surface area contributed by atoms with Crippen LogP contribution in [0.15, 0.2) is 24.3 Å². The Labute approximate surface area is 165 Å². The Kier molecular flexibility index (Phi) is 6.65. The first kappa shape index (κ1) is 20.0. The van der Waals surface area contributed by atoms with Gasteiger partial charge in [0.25, 0.3) is 0 Å². The zero-order chi connectivity index (χ0) is 19.4. The average Bonchev–Trinajstić information content (AvgIpc) is 3.21. The summed E-state index contributed by atoms with van der Waals surface area (Å²) in [5.41, 5.74) is 1.14. The number of hydrogen-bond acceptors (Lipinski definition) is 5. The molecular formula is C20H29N3O3S. The minimum absolute atomic E-state index is 0.00363. The third-order valence-corrected chi connectivity index (χ3v) is 6.21. The molecule has 0 aliphatic carbocycles. The number of likely N-dealkylation sites (tertiary alicyclic amines) is 2. The highest BCUT2D eigenvalue weighted by Gasteiger charge is 2.48. The van der Waals surface area contributed by atoms with Crippen molar-refractivity contribution < 1.29 is 14.3 Å². The van der Waals surface area contributed by atoms with E-state index in [1.807, 2.05) is 28.8 Å². The van der Waals surface area contributed by atoms with E-state index in [4.69, 9.17) is 4.74 Å². The monoisotopic (exact) mass is 391 g/mol. The Morgan fingerprint density at radius 2 is 1.96 bits per heavy atom. The first-order valence-electron chi connectivity index (χ1n) is 9.42. The average molecular weight is 392 g/mol. The Morgan fingerprint density at radius 1 is 1.22 bits per heavy atom. The van der Waals surface area contributed by atoms with E-state index >= 15 is 0 Å². The molecule has 6 nitrogen and oxygen atoms in total. The van der Waals surface area contributed by atoms with Crippen molar-refractivity contribution in [3.63, 3.8) is 0 Å². The third kappa shape index (κ3) is 4.58. The lowest BCUT2D eigenvalue weighted by Crippen LogP contribution is -2.41. The number of fused-ring (bicyclic) bond motifs is 1. The summed E-state index contributed by atoms with van der Waals surface area (Å²) in [4.78, 5) is 28.5. The van der Waals surface area contributed by atoms with Crippen molar-refractivity contribution in [3.05, 3.63) is 29.8 Å². The topological polar surface area (TPSA) is 61.9 Å². The highest BCUT2D eigenvalue weighted by atomic mass is 32.2. The van der Waals surface area contributed by atoms with Gasteiger partial charge in [-0.1, -0.05) is 12.1 Å². The lowest BCUT2D eigenvalue weighted by atomic mass is 9.89. The molecule has 0 radical (unpaired) electrons. The summed E-state index contributed by atoms with van der Waals surface area (Å²) in [7, 11) is 1.66. The van der Waals surface area contributed by atoms with Crippen molar-refractivity contribution in [2.24, 2.45) is 11.8 Å². The van der Waals surface area contributed by atoms with Crippen LogP contribution in [0.4, 0.5) is 0 Å². The minimum atomic E-state index is -0.174. The van der Waals surface area contributed by atoms with Gasteiger partial charge in [-0.25, -0.2) is 0 Å². The van der Waals surface area contributed by atoms with Crippen LogP contribution in [0.1, 0.15) is 18.5 Å². The molecule has 148 valence electrons. The summed E-state index contributed by atoms with van der Waals surface area (Å²) < 4.78 is 5.28. The Morgan fingerprint density at radius 3 is 2.59 bits per heavy atom. The summed E-state index contributed by atoms with van der Waals surface area (Å²) >= 11 is 1.87. The smallest absolute Gasteiger partial charge is 0.242 e. The van der Waals surface area contributed by atoms with E-state index in [0.29, 0.717) is 11.8 Å². The van der Waals surface area contributed by atoms with Gasteiger partial charge in [0.05, 0.1) is 19.7 Å².